The maximum atomic E-state index is 13.8. The van der Waals surface area contributed by atoms with Gasteiger partial charge in [0.25, 0.3) is 11.8 Å². The summed E-state index contributed by atoms with van der Waals surface area (Å²) in [6.45, 7) is 6.03. The Morgan fingerprint density at radius 2 is 1.79 bits per heavy atom. The molecule has 2 aromatic rings. The molecule has 0 aromatic heterocycles. The number of ether oxygens (including phenoxy) is 1. The number of hydrogen-bond acceptors (Lipinski definition) is 6. The molecule has 2 aromatic carbocycles. The van der Waals surface area contributed by atoms with Gasteiger partial charge in [-0.05, 0) is 75.4 Å². The van der Waals surface area contributed by atoms with E-state index in [4.69, 9.17) is 21.2 Å². The molecule has 39 heavy (non-hydrogen) atoms. The van der Waals surface area contributed by atoms with Crippen LogP contribution >= 0.6 is 23.4 Å². The van der Waals surface area contributed by atoms with Crippen molar-refractivity contribution in [1.82, 2.24) is 10.8 Å². The number of thioether (sulfide) groups is 1. The lowest BCUT2D eigenvalue weighted by Gasteiger charge is -2.27. The van der Waals surface area contributed by atoms with Crippen LogP contribution in [0, 0.1) is 5.92 Å². The Bertz CT molecular complexity index is 1180. The first-order valence-corrected chi connectivity index (χ1v) is 14.7. The van der Waals surface area contributed by atoms with Gasteiger partial charge in [-0.15, -0.1) is 11.8 Å². The van der Waals surface area contributed by atoms with Crippen molar-refractivity contribution < 1.29 is 24.0 Å². The molecule has 0 saturated heterocycles. The fourth-order valence-electron chi connectivity index (χ4n) is 4.67. The molecule has 0 unspecified atom stereocenters. The molecule has 0 spiro atoms. The highest BCUT2D eigenvalue weighted by atomic mass is 35.5. The van der Waals surface area contributed by atoms with Crippen molar-refractivity contribution in [3.8, 4) is 0 Å². The molecule has 1 atom stereocenters. The van der Waals surface area contributed by atoms with E-state index in [1.54, 1.807) is 49.9 Å². The Morgan fingerprint density at radius 3 is 2.49 bits per heavy atom. The van der Waals surface area contributed by atoms with Gasteiger partial charge in [-0.1, -0.05) is 43.0 Å². The topological polar surface area (TPSA) is 97.0 Å². The molecular formula is C29H36ClN3O5S. The quantitative estimate of drug-likeness (QED) is 0.388. The van der Waals surface area contributed by atoms with Gasteiger partial charge in [-0.25, -0.2) is 10.3 Å². The van der Waals surface area contributed by atoms with Crippen LogP contribution in [0.2, 0.25) is 5.02 Å². The molecule has 3 amide bonds. The fourth-order valence-corrected chi connectivity index (χ4v) is 5.85. The molecule has 0 radical (unpaired) electrons. The first-order valence-electron chi connectivity index (χ1n) is 13.3. The molecule has 8 nitrogen and oxygen atoms in total. The second-order valence-corrected chi connectivity index (χ2v) is 12.5. The van der Waals surface area contributed by atoms with Crippen LogP contribution in [0.4, 0.5) is 10.5 Å². The van der Waals surface area contributed by atoms with Crippen molar-refractivity contribution in [1.29, 1.82) is 0 Å². The molecule has 1 heterocycles. The molecular weight excluding hydrogens is 538 g/mol. The highest BCUT2D eigenvalue weighted by Crippen LogP contribution is 2.36. The van der Waals surface area contributed by atoms with Crippen LogP contribution in [-0.2, 0) is 20.9 Å². The number of hydrogen-bond donors (Lipinski definition) is 2. The maximum Gasteiger partial charge on any atom is 0.408 e. The van der Waals surface area contributed by atoms with E-state index in [9.17, 15) is 14.4 Å². The second-order valence-electron chi connectivity index (χ2n) is 11.0. The van der Waals surface area contributed by atoms with Crippen LogP contribution in [0.5, 0.6) is 0 Å². The van der Waals surface area contributed by atoms with E-state index in [0.29, 0.717) is 34.6 Å². The van der Waals surface area contributed by atoms with Gasteiger partial charge in [0.1, 0.15) is 11.6 Å². The van der Waals surface area contributed by atoms with Crippen molar-refractivity contribution in [2.24, 2.45) is 5.92 Å². The zero-order chi connectivity index (χ0) is 28.0. The van der Waals surface area contributed by atoms with Gasteiger partial charge in [-0.3, -0.25) is 14.4 Å². The van der Waals surface area contributed by atoms with Crippen LogP contribution in [0.15, 0.2) is 47.4 Å². The third-order valence-electron chi connectivity index (χ3n) is 6.64. The van der Waals surface area contributed by atoms with Crippen molar-refractivity contribution in [2.45, 2.75) is 76.0 Å². The van der Waals surface area contributed by atoms with Gasteiger partial charge < -0.3 is 15.0 Å². The van der Waals surface area contributed by atoms with Gasteiger partial charge in [0.2, 0.25) is 0 Å². The average Bonchev–Trinajstić information content (AvgIpc) is 3.01. The molecule has 1 saturated carbocycles. The molecule has 2 aliphatic rings. The highest BCUT2D eigenvalue weighted by molar-refractivity contribution is 7.99. The Balaban J connectivity index is 1.54. The highest BCUT2D eigenvalue weighted by Gasteiger charge is 2.33. The monoisotopic (exact) mass is 573 g/mol. The van der Waals surface area contributed by atoms with Gasteiger partial charge in [0.05, 0.1) is 18.8 Å². The van der Waals surface area contributed by atoms with E-state index in [1.807, 2.05) is 18.2 Å². The van der Waals surface area contributed by atoms with Crippen LogP contribution in [0.25, 0.3) is 0 Å². The van der Waals surface area contributed by atoms with E-state index < -0.39 is 17.7 Å². The third-order valence-corrected chi connectivity index (χ3v) is 8.04. The number of nitrogens with zero attached hydrogens (tertiary/aromatic N) is 1. The summed E-state index contributed by atoms with van der Waals surface area (Å²) in [5, 5.41) is 3.32. The molecule has 0 bridgehead atoms. The number of anilines is 1. The Labute approximate surface area is 239 Å². The van der Waals surface area contributed by atoms with E-state index in [2.05, 4.69) is 10.8 Å². The van der Waals surface area contributed by atoms with Crippen molar-refractivity contribution >= 4 is 47.0 Å². The Morgan fingerprint density at radius 1 is 1.08 bits per heavy atom. The molecule has 4 rings (SSSR count). The number of alkyl carbamates (subject to hydrolysis) is 1. The van der Waals surface area contributed by atoms with Crippen LogP contribution in [0.1, 0.15) is 68.8 Å². The lowest BCUT2D eigenvalue weighted by molar-refractivity contribution is -0.120. The largest absolute Gasteiger partial charge is 0.444 e. The maximum absolute atomic E-state index is 13.8. The molecule has 1 fully saturated rings. The molecule has 2 N–H and O–H groups in total. The van der Waals surface area contributed by atoms with Gasteiger partial charge in [0, 0.05) is 21.2 Å². The number of benzene rings is 2. The zero-order valence-electron chi connectivity index (χ0n) is 22.6. The summed E-state index contributed by atoms with van der Waals surface area (Å²) in [5.74, 6) is 0.112. The number of carbonyl (C=O) groups excluding carboxylic acids is 3. The molecule has 1 aliphatic heterocycles. The predicted molar refractivity (Wildman–Crippen MR) is 153 cm³/mol. The van der Waals surface area contributed by atoms with Crippen LogP contribution < -0.4 is 15.7 Å². The summed E-state index contributed by atoms with van der Waals surface area (Å²) in [6, 6.07) is 11.6. The Kier molecular flexibility index (Phi) is 9.80. The van der Waals surface area contributed by atoms with E-state index >= 15 is 0 Å². The summed E-state index contributed by atoms with van der Waals surface area (Å²) in [4.78, 5) is 47.2. The summed E-state index contributed by atoms with van der Waals surface area (Å²) < 4.78 is 5.39. The van der Waals surface area contributed by atoms with E-state index in [1.165, 1.54) is 31.0 Å². The van der Waals surface area contributed by atoms with Crippen LogP contribution in [-0.4, -0.2) is 41.9 Å². The third kappa shape index (κ3) is 8.37. The first-order chi connectivity index (χ1) is 18.6. The Hall–Kier alpha value is -2.75. The number of nitrogens with one attached hydrogen (secondary N) is 2. The minimum Gasteiger partial charge on any atom is -0.444 e. The number of carbonyl (C=O) groups is 3. The fraction of sp³-hybridized carbons (Fsp3) is 0.483. The van der Waals surface area contributed by atoms with Gasteiger partial charge >= 0.3 is 6.09 Å². The lowest BCUT2D eigenvalue weighted by atomic mass is 9.90. The van der Waals surface area contributed by atoms with E-state index in [-0.39, 0.29) is 18.4 Å². The smallest absolute Gasteiger partial charge is 0.408 e. The van der Waals surface area contributed by atoms with Crippen molar-refractivity contribution in [3.05, 3.63) is 58.6 Å². The van der Waals surface area contributed by atoms with Crippen molar-refractivity contribution in [3.63, 3.8) is 0 Å². The second kappa shape index (κ2) is 13.1. The minimum absolute atomic E-state index is 0.235. The summed E-state index contributed by atoms with van der Waals surface area (Å²) in [5.41, 5.74) is 3.70. The normalized spacial score (nSPS) is 18.2. The number of halogens is 1. The summed E-state index contributed by atoms with van der Waals surface area (Å²) in [6.07, 6.45) is 5.24. The zero-order valence-corrected chi connectivity index (χ0v) is 24.2. The van der Waals surface area contributed by atoms with Gasteiger partial charge in [0.15, 0.2) is 0 Å². The number of hydroxylamine groups is 1. The SMILES string of the molecule is CC(C)(C)OC(=O)N[C@H]1CSc2ccc(C(=O)NOCC3CCCCC3)cc2N(Cc2ccc(Cl)cc2)C1=O. The summed E-state index contributed by atoms with van der Waals surface area (Å²) >= 11 is 7.51. The molecule has 210 valence electrons. The summed E-state index contributed by atoms with van der Waals surface area (Å²) in [7, 11) is 0. The molecule has 1 aliphatic carbocycles. The average molecular weight is 574 g/mol. The number of fused-ring (bicyclic) bond motifs is 1. The standard InChI is InChI=1S/C29H36ClN3O5S/c1-29(2,3)38-28(36)31-23-18-39-25-14-11-21(26(34)32-37-17-20-7-5-4-6-8-20)15-24(25)33(27(23)35)16-19-9-12-22(30)13-10-19/h9-15,20,23H,4-8,16-18H2,1-3H3,(H,31,36)(H,32,34)/t23-/m0/s1. The van der Waals surface area contributed by atoms with Gasteiger partial charge in [-0.2, -0.15) is 0 Å². The number of amides is 3. The lowest BCUT2D eigenvalue weighted by Crippen LogP contribution is -2.50. The number of rotatable bonds is 7. The van der Waals surface area contributed by atoms with Crippen molar-refractivity contribution in [2.75, 3.05) is 17.3 Å². The van der Waals surface area contributed by atoms with Crippen LogP contribution in [0.3, 0.4) is 0 Å². The first kappa shape index (κ1) is 29.2. The van der Waals surface area contributed by atoms with E-state index in [0.717, 1.165) is 23.3 Å². The predicted octanol–water partition coefficient (Wildman–Crippen LogP) is 6.11. The minimum atomic E-state index is -0.819. The molecule has 10 heteroatoms.